The summed E-state index contributed by atoms with van der Waals surface area (Å²) in [6, 6.07) is 3.57. The number of aryl methyl sites for hydroxylation is 2. The second-order valence-corrected chi connectivity index (χ2v) is 6.89. The lowest BCUT2D eigenvalue weighted by Crippen LogP contribution is -2.23. The Labute approximate surface area is 160 Å². The van der Waals surface area contributed by atoms with E-state index in [-0.39, 0.29) is 11.5 Å². The zero-order valence-electron chi connectivity index (χ0n) is 16.0. The highest BCUT2D eigenvalue weighted by Gasteiger charge is 2.44. The molecular formula is C21H19NO6. The maximum Gasteiger partial charge on any atom is 0.339 e. The lowest BCUT2D eigenvalue weighted by atomic mass is 10.0. The molecule has 144 valence electrons. The van der Waals surface area contributed by atoms with E-state index in [2.05, 4.69) is 0 Å². The van der Waals surface area contributed by atoms with Crippen molar-refractivity contribution in [3.05, 3.63) is 62.8 Å². The van der Waals surface area contributed by atoms with Crippen LogP contribution in [0.15, 0.2) is 44.9 Å². The fraction of sp³-hybridized carbons (Fsp3) is 0.286. The highest BCUT2D eigenvalue weighted by molar-refractivity contribution is 6.16. The number of hydrogen-bond donors (Lipinski definition) is 0. The molecule has 2 aromatic rings. The summed E-state index contributed by atoms with van der Waals surface area (Å²) < 4.78 is 16.5. The van der Waals surface area contributed by atoms with E-state index in [4.69, 9.17) is 13.9 Å². The number of carbonyl (C=O) groups is 2. The number of esters is 1. The van der Waals surface area contributed by atoms with Crippen LogP contribution >= 0.6 is 0 Å². The molecule has 2 aliphatic rings. The molecule has 1 saturated heterocycles. The van der Waals surface area contributed by atoms with Crippen LogP contribution < -0.4 is 10.4 Å². The molecule has 3 heterocycles. The van der Waals surface area contributed by atoms with Gasteiger partial charge in [0.2, 0.25) is 6.29 Å². The molecule has 1 atom stereocenters. The third kappa shape index (κ3) is 2.79. The Bertz CT molecular complexity index is 1150. The van der Waals surface area contributed by atoms with Crippen molar-refractivity contribution in [2.75, 3.05) is 0 Å². The first-order valence-electron chi connectivity index (χ1n) is 8.94. The highest BCUT2D eigenvalue weighted by atomic mass is 16.7. The lowest BCUT2D eigenvalue weighted by molar-refractivity contribution is -0.156. The van der Waals surface area contributed by atoms with Gasteiger partial charge < -0.3 is 13.9 Å². The van der Waals surface area contributed by atoms with Crippen molar-refractivity contribution in [2.24, 2.45) is 0 Å². The van der Waals surface area contributed by atoms with Crippen LogP contribution in [0, 0.1) is 20.8 Å². The van der Waals surface area contributed by atoms with E-state index in [1.165, 1.54) is 4.90 Å². The summed E-state index contributed by atoms with van der Waals surface area (Å²) in [4.78, 5) is 37.4. The number of carbonyl (C=O) groups excluding carboxylic acids is 2. The van der Waals surface area contributed by atoms with E-state index < -0.39 is 12.3 Å². The van der Waals surface area contributed by atoms with Crippen molar-refractivity contribution in [3.63, 3.8) is 0 Å². The normalized spacial score (nSPS) is 16.3. The van der Waals surface area contributed by atoms with E-state index in [0.29, 0.717) is 40.2 Å². The topological polar surface area (TPSA) is 85.8 Å². The van der Waals surface area contributed by atoms with E-state index in [1.807, 2.05) is 13.0 Å². The highest BCUT2D eigenvalue weighted by Crippen LogP contribution is 2.35. The van der Waals surface area contributed by atoms with Gasteiger partial charge in [-0.3, -0.25) is 9.69 Å². The molecule has 7 heteroatoms. The zero-order valence-corrected chi connectivity index (χ0v) is 16.0. The Morgan fingerprint density at radius 1 is 1.14 bits per heavy atom. The molecule has 4 rings (SSSR count). The van der Waals surface area contributed by atoms with Gasteiger partial charge in [-0.25, -0.2) is 9.59 Å². The first-order valence-corrected chi connectivity index (χ1v) is 8.94. The van der Waals surface area contributed by atoms with Gasteiger partial charge in [-0.15, -0.1) is 0 Å². The maximum atomic E-state index is 12.4. The lowest BCUT2D eigenvalue weighted by Gasteiger charge is -2.18. The van der Waals surface area contributed by atoms with Crippen molar-refractivity contribution < 1.29 is 23.5 Å². The summed E-state index contributed by atoms with van der Waals surface area (Å²) in [5.41, 5.74) is 2.85. The molecule has 1 amide bonds. The smallest absolute Gasteiger partial charge is 0.339 e. The molecular weight excluding hydrogens is 362 g/mol. The molecule has 0 bridgehead atoms. The van der Waals surface area contributed by atoms with Crippen LogP contribution in [0.2, 0.25) is 0 Å². The quantitative estimate of drug-likeness (QED) is 0.350. The molecule has 0 aliphatic carbocycles. The van der Waals surface area contributed by atoms with Crippen molar-refractivity contribution in [1.82, 2.24) is 4.90 Å². The Morgan fingerprint density at radius 2 is 1.89 bits per heavy atom. The first-order chi connectivity index (χ1) is 13.3. The standard InChI is InChI=1S/C21H19NO6/c1-10-11(2)20(24)28-18-12(3)16(8-7-14(10)18)26-13(4)27-21(25)15-6-5-9-22-17(15)19(22)23/h5,7-9,13H,6H2,1-4H3. The molecule has 0 saturated carbocycles. The fourth-order valence-electron chi connectivity index (χ4n) is 3.31. The van der Waals surface area contributed by atoms with Gasteiger partial charge in [0.15, 0.2) is 0 Å². The molecule has 0 spiro atoms. The van der Waals surface area contributed by atoms with Crippen LogP contribution in [0.25, 0.3) is 11.0 Å². The van der Waals surface area contributed by atoms with Crippen LogP contribution in [0.5, 0.6) is 5.75 Å². The summed E-state index contributed by atoms with van der Waals surface area (Å²) in [7, 11) is 0. The van der Waals surface area contributed by atoms with Gasteiger partial charge in [0.1, 0.15) is 17.0 Å². The van der Waals surface area contributed by atoms with Crippen molar-refractivity contribution >= 4 is 22.8 Å². The summed E-state index contributed by atoms with van der Waals surface area (Å²) in [6.45, 7) is 6.97. The van der Waals surface area contributed by atoms with Crippen LogP contribution in [-0.2, 0) is 14.3 Å². The summed E-state index contributed by atoms with van der Waals surface area (Å²) >= 11 is 0. The van der Waals surface area contributed by atoms with Crippen LogP contribution in [0.1, 0.15) is 30.0 Å². The number of benzene rings is 1. The SMILES string of the molecule is Cc1c(C)c2ccc(OC(C)OC(=O)C3=C4C(=O)N4C=CC3)c(C)c2oc1=O. The van der Waals surface area contributed by atoms with Gasteiger partial charge in [0.05, 0.1) is 5.57 Å². The van der Waals surface area contributed by atoms with E-state index in [0.717, 1.165) is 10.9 Å². The Morgan fingerprint density at radius 3 is 2.64 bits per heavy atom. The predicted octanol–water partition coefficient (Wildman–Crippen LogP) is 3.00. The number of allylic oxidation sites excluding steroid dienone is 1. The number of hydrogen-bond acceptors (Lipinski definition) is 6. The third-order valence-corrected chi connectivity index (χ3v) is 5.11. The van der Waals surface area contributed by atoms with Crippen LogP contribution in [0.4, 0.5) is 0 Å². The fourth-order valence-corrected chi connectivity index (χ4v) is 3.31. The molecule has 0 N–H and O–H groups in total. The van der Waals surface area contributed by atoms with Crippen molar-refractivity contribution in [1.29, 1.82) is 0 Å². The van der Waals surface area contributed by atoms with Gasteiger partial charge in [-0.1, -0.05) is 6.08 Å². The minimum Gasteiger partial charge on any atom is -0.455 e. The molecule has 0 radical (unpaired) electrons. The molecule has 1 unspecified atom stereocenters. The number of nitrogens with zero attached hydrogens (tertiary/aromatic N) is 1. The molecule has 1 fully saturated rings. The minimum atomic E-state index is -0.886. The van der Waals surface area contributed by atoms with E-state index in [9.17, 15) is 14.4 Å². The Balaban J connectivity index is 1.55. The van der Waals surface area contributed by atoms with Crippen LogP contribution in [0.3, 0.4) is 0 Å². The van der Waals surface area contributed by atoms with Gasteiger partial charge in [-0.05, 0) is 38.5 Å². The summed E-state index contributed by atoms with van der Waals surface area (Å²) in [5.74, 6) is -0.316. The van der Waals surface area contributed by atoms with E-state index >= 15 is 0 Å². The molecule has 7 nitrogen and oxygen atoms in total. The van der Waals surface area contributed by atoms with E-state index in [1.54, 1.807) is 39.1 Å². The number of fused-ring (bicyclic) bond motifs is 2. The largest absolute Gasteiger partial charge is 0.455 e. The monoisotopic (exact) mass is 381 g/mol. The van der Waals surface area contributed by atoms with Crippen LogP contribution in [-0.4, -0.2) is 23.1 Å². The van der Waals surface area contributed by atoms with Gasteiger partial charge in [-0.2, -0.15) is 0 Å². The first kappa shape index (κ1) is 18.0. The summed E-state index contributed by atoms with van der Waals surface area (Å²) in [5, 5.41) is 0.833. The average molecular weight is 381 g/mol. The molecule has 1 aromatic carbocycles. The minimum absolute atomic E-state index is 0.180. The number of rotatable bonds is 4. The van der Waals surface area contributed by atoms with Gasteiger partial charge in [0.25, 0.3) is 5.91 Å². The number of ether oxygens (including phenoxy) is 2. The Hall–Kier alpha value is -3.35. The predicted molar refractivity (Wildman–Crippen MR) is 101 cm³/mol. The van der Waals surface area contributed by atoms with Crippen molar-refractivity contribution in [2.45, 2.75) is 40.4 Å². The van der Waals surface area contributed by atoms with Crippen molar-refractivity contribution in [3.8, 4) is 5.75 Å². The zero-order chi connectivity index (χ0) is 20.2. The Kier molecular flexibility index (Phi) is 4.10. The number of amides is 1. The molecule has 28 heavy (non-hydrogen) atoms. The summed E-state index contributed by atoms with van der Waals surface area (Å²) in [6.07, 6.45) is 2.84. The average Bonchev–Trinajstić information content (AvgIpc) is 3.33. The van der Waals surface area contributed by atoms with Gasteiger partial charge in [0, 0.05) is 36.1 Å². The molecule has 1 aromatic heterocycles. The second-order valence-electron chi connectivity index (χ2n) is 6.89. The third-order valence-electron chi connectivity index (χ3n) is 5.11. The van der Waals surface area contributed by atoms with Gasteiger partial charge >= 0.3 is 11.6 Å². The second kappa shape index (κ2) is 6.37. The molecule has 2 aliphatic heterocycles. The maximum absolute atomic E-state index is 12.4.